The average Bonchev–Trinajstić information content (AvgIpc) is 3.55. The van der Waals surface area contributed by atoms with Crippen LogP contribution in [0.15, 0.2) is 40.1 Å². The van der Waals surface area contributed by atoms with E-state index in [1.807, 2.05) is 0 Å². The molecule has 0 aromatic carbocycles. The third-order valence-electron chi connectivity index (χ3n) is 5.19. The zero-order valence-electron chi connectivity index (χ0n) is 17.6. The van der Waals surface area contributed by atoms with Crippen LogP contribution in [0.25, 0.3) is 0 Å². The van der Waals surface area contributed by atoms with E-state index in [1.54, 1.807) is 12.1 Å². The Bertz CT molecular complexity index is 1330. The van der Waals surface area contributed by atoms with Gasteiger partial charge in [0.15, 0.2) is 15.1 Å². The van der Waals surface area contributed by atoms with Crippen molar-refractivity contribution in [3.63, 3.8) is 0 Å². The number of hydrogen-bond acceptors (Lipinski definition) is 9. The van der Waals surface area contributed by atoms with Crippen molar-refractivity contribution in [2.24, 2.45) is 5.92 Å². The molecule has 178 valence electrons. The van der Waals surface area contributed by atoms with E-state index in [1.165, 1.54) is 18.6 Å². The molecule has 0 saturated heterocycles. The summed E-state index contributed by atoms with van der Waals surface area (Å²) in [5.74, 6) is -1.56. The van der Waals surface area contributed by atoms with E-state index < -0.39 is 28.3 Å². The SMILES string of the molecule is O=C(O)Cc1nc(NC(=O)Nc2cccnc2C(=O)C2CCCC2)sc1S(=O)(=O)c1ncc[nH]1. The van der Waals surface area contributed by atoms with Crippen molar-refractivity contribution < 1.29 is 27.9 Å². The molecule has 4 N–H and O–H groups in total. The van der Waals surface area contributed by atoms with Gasteiger partial charge in [-0.25, -0.2) is 23.2 Å². The molecule has 1 aliphatic carbocycles. The molecule has 4 rings (SSSR count). The molecule has 0 atom stereocenters. The van der Waals surface area contributed by atoms with Gasteiger partial charge in [0, 0.05) is 24.5 Å². The van der Waals surface area contributed by atoms with Crippen molar-refractivity contribution >= 4 is 49.8 Å². The number of hydrogen-bond donors (Lipinski definition) is 4. The first-order valence-corrected chi connectivity index (χ1v) is 12.6. The third kappa shape index (κ3) is 4.97. The quantitative estimate of drug-likeness (QED) is 0.335. The lowest BCUT2D eigenvalue weighted by molar-refractivity contribution is -0.136. The second-order valence-electron chi connectivity index (χ2n) is 7.55. The monoisotopic (exact) mass is 504 g/mol. The molecule has 3 heterocycles. The zero-order chi connectivity index (χ0) is 24.3. The number of urea groups is 1. The number of carbonyl (C=O) groups is 3. The maximum absolute atomic E-state index is 12.8. The smallest absolute Gasteiger partial charge is 0.325 e. The van der Waals surface area contributed by atoms with Crippen LogP contribution < -0.4 is 10.6 Å². The van der Waals surface area contributed by atoms with Crippen LogP contribution in [0.1, 0.15) is 41.9 Å². The molecule has 2 amide bonds. The number of carbonyl (C=O) groups excluding carboxylic acids is 2. The first-order valence-electron chi connectivity index (χ1n) is 10.3. The number of Topliss-reactive ketones (excluding diaryl/α,β-unsaturated/α-hetero) is 1. The summed E-state index contributed by atoms with van der Waals surface area (Å²) in [6, 6.07) is 2.33. The lowest BCUT2D eigenvalue weighted by atomic mass is 9.99. The minimum atomic E-state index is -4.17. The molecular formula is C20H20N6O6S2. The number of sulfone groups is 1. The maximum atomic E-state index is 12.8. The molecule has 14 heteroatoms. The number of nitrogens with one attached hydrogen (secondary N) is 3. The molecule has 0 unspecified atom stereocenters. The van der Waals surface area contributed by atoms with Gasteiger partial charge < -0.3 is 15.4 Å². The number of nitrogens with zero attached hydrogens (tertiary/aromatic N) is 3. The van der Waals surface area contributed by atoms with E-state index >= 15 is 0 Å². The number of aromatic nitrogens is 4. The number of amides is 2. The molecule has 0 spiro atoms. The van der Waals surface area contributed by atoms with Crippen molar-refractivity contribution in [3.05, 3.63) is 42.1 Å². The summed E-state index contributed by atoms with van der Waals surface area (Å²) in [6.07, 6.45) is 6.86. The predicted octanol–water partition coefficient (Wildman–Crippen LogP) is 2.74. The van der Waals surface area contributed by atoms with E-state index in [9.17, 15) is 22.8 Å². The van der Waals surface area contributed by atoms with Gasteiger partial charge in [0.1, 0.15) is 5.69 Å². The van der Waals surface area contributed by atoms with Crippen molar-refractivity contribution in [3.8, 4) is 0 Å². The molecule has 0 radical (unpaired) electrons. The zero-order valence-corrected chi connectivity index (χ0v) is 19.3. The number of aromatic amines is 1. The van der Waals surface area contributed by atoms with E-state index in [-0.39, 0.29) is 43.3 Å². The van der Waals surface area contributed by atoms with Gasteiger partial charge in [0.2, 0.25) is 5.16 Å². The van der Waals surface area contributed by atoms with Crippen LogP contribution in [0, 0.1) is 5.92 Å². The fourth-order valence-corrected chi connectivity index (χ4v) is 6.33. The highest BCUT2D eigenvalue weighted by Crippen LogP contribution is 2.32. The molecular weight excluding hydrogens is 484 g/mol. The Morgan fingerprint density at radius 1 is 1.15 bits per heavy atom. The normalized spacial score (nSPS) is 14.1. The summed E-state index contributed by atoms with van der Waals surface area (Å²) in [7, 11) is -4.17. The summed E-state index contributed by atoms with van der Waals surface area (Å²) >= 11 is 0.600. The summed E-state index contributed by atoms with van der Waals surface area (Å²) in [5, 5.41) is 13.6. The van der Waals surface area contributed by atoms with Gasteiger partial charge in [0.05, 0.1) is 17.8 Å². The van der Waals surface area contributed by atoms with Gasteiger partial charge in [0.25, 0.3) is 9.84 Å². The lowest BCUT2D eigenvalue weighted by Gasteiger charge is -2.12. The number of carboxylic acid groups (broad SMARTS) is 1. The number of ketones is 1. The fourth-order valence-electron chi connectivity index (χ4n) is 3.68. The molecule has 12 nitrogen and oxygen atoms in total. The number of anilines is 2. The van der Waals surface area contributed by atoms with E-state index in [2.05, 4.69) is 30.6 Å². The van der Waals surface area contributed by atoms with Crippen LogP contribution in [0.4, 0.5) is 15.6 Å². The number of aliphatic carboxylic acids is 1. The fraction of sp³-hybridized carbons (Fsp3) is 0.300. The minimum Gasteiger partial charge on any atom is -0.481 e. The topological polar surface area (TPSA) is 184 Å². The highest BCUT2D eigenvalue weighted by molar-refractivity contribution is 7.93. The molecule has 3 aromatic heterocycles. The predicted molar refractivity (Wildman–Crippen MR) is 121 cm³/mol. The summed E-state index contributed by atoms with van der Waals surface area (Å²) in [5.41, 5.74) is 0.127. The standard InChI is InChI=1S/C20H20N6O6S2/c27-14(28)10-13-17(34(31,32)20-22-8-9-23-20)33-19(25-13)26-18(30)24-12-6-3-7-21-15(12)16(29)11-4-1-2-5-11/h3,6-9,11H,1-2,4-5,10H2,(H,22,23)(H,27,28)(H2,24,25,26,30). The molecule has 1 saturated carbocycles. The van der Waals surface area contributed by atoms with Gasteiger partial charge in [-0.1, -0.05) is 24.2 Å². The van der Waals surface area contributed by atoms with Crippen LogP contribution in [0.5, 0.6) is 0 Å². The van der Waals surface area contributed by atoms with E-state index in [0.29, 0.717) is 11.3 Å². The van der Waals surface area contributed by atoms with Crippen LogP contribution in [-0.2, 0) is 21.1 Å². The minimum absolute atomic E-state index is 0.133. The second kappa shape index (κ2) is 9.69. The maximum Gasteiger partial charge on any atom is 0.325 e. The Hall–Kier alpha value is -3.65. The van der Waals surface area contributed by atoms with Crippen molar-refractivity contribution in [2.75, 3.05) is 10.6 Å². The molecule has 1 fully saturated rings. The van der Waals surface area contributed by atoms with Crippen LogP contribution in [-0.4, -0.2) is 51.2 Å². The van der Waals surface area contributed by atoms with Gasteiger partial charge in [-0.2, -0.15) is 0 Å². The number of carboxylic acids is 1. The summed E-state index contributed by atoms with van der Waals surface area (Å²) in [6.45, 7) is 0. The third-order valence-corrected chi connectivity index (χ3v) is 8.36. The first kappa shape index (κ1) is 23.5. The van der Waals surface area contributed by atoms with Gasteiger partial charge in [-0.15, -0.1) is 0 Å². The summed E-state index contributed by atoms with van der Waals surface area (Å²) < 4.78 is 25.3. The Balaban J connectivity index is 1.56. The number of rotatable bonds is 8. The Morgan fingerprint density at radius 2 is 1.91 bits per heavy atom. The molecule has 0 bridgehead atoms. The van der Waals surface area contributed by atoms with E-state index in [0.717, 1.165) is 25.7 Å². The molecule has 1 aliphatic rings. The number of H-pyrrole nitrogens is 1. The average molecular weight is 505 g/mol. The van der Waals surface area contributed by atoms with Crippen molar-refractivity contribution in [1.29, 1.82) is 0 Å². The lowest BCUT2D eigenvalue weighted by Crippen LogP contribution is -2.23. The highest BCUT2D eigenvalue weighted by atomic mass is 32.2. The highest BCUT2D eigenvalue weighted by Gasteiger charge is 2.30. The van der Waals surface area contributed by atoms with Gasteiger partial charge in [-0.3, -0.25) is 19.9 Å². The Labute approximate surface area is 197 Å². The second-order valence-corrected chi connectivity index (χ2v) is 10.6. The van der Waals surface area contributed by atoms with Crippen LogP contribution >= 0.6 is 11.3 Å². The Morgan fingerprint density at radius 3 is 2.59 bits per heavy atom. The van der Waals surface area contributed by atoms with E-state index in [4.69, 9.17) is 5.11 Å². The van der Waals surface area contributed by atoms with Gasteiger partial charge in [-0.05, 0) is 25.0 Å². The number of thiazole rings is 1. The number of pyridine rings is 1. The largest absolute Gasteiger partial charge is 0.481 e. The molecule has 34 heavy (non-hydrogen) atoms. The molecule has 0 aliphatic heterocycles. The van der Waals surface area contributed by atoms with Crippen molar-refractivity contribution in [1.82, 2.24) is 19.9 Å². The Kier molecular flexibility index (Phi) is 6.70. The first-order chi connectivity index (χ1) is 16.3. The van der Waals surface area contributed by atoms with Crippen LogP contribution in [0.3, 0.4) is 0 Å². The van der Waals surface area contributed by atoms with Gasteiger partial charge >= 0.3 is 12.0 Å². The van der Waals surface area contributed by atoms with Crippen molar-refractivity contribution in [2.45, 2.75) is 41.5 Å². The van der Waals surface area contributed by atoms with Crippen LogP contribution in [0.2, 0.25) is 0 Å². The molecule has 3 aromatic rings. The summed E-state index contributed by atoms with van der Waals surface area (Å²) in [4.78, 5) is 51.0. The number of imidazole rings is 1.